The fourth-order valence-corrected chi connectivity index (χ4v) is 3.58. The average molecular weight is 480 g/mol. The summed E-state index contributed by atoms with van der Waals surface area (Å²) in [5, 5.41) is 6.92. The lowest BCUT2D eigenvalue weighted by atomic mass is 10.1. The van der Waals surface area contributed by atoms with Gasteiger partial charge in [0.1, 0.15) is 12.4 Å². The Balaban J connectivity index is 1.39. The number of aromatic nitrogens is 2. The highest BCUT2D eigenvalue weighted by Gasteiger charge is 2.30. The minimum absolute atomic E-state index is 0.144. The maximum absolute atomic E-state index is 12.9. The standard InChI is InChI=1S/C27H24F3N3O2/c1-18-9-10-19(2)25(11-18)35-17-21-6-3-7-22(12-21)26(34)32-24-14-31-33(16-24)15-20-5-4-8-23(13-20)27(28,29)30/h3-14,16H,15,17H2,1-2H3,(H,32,34). The van der Waals surface area contributed by atoms with Gasteiger partial charge < -0.3 is 10.1 Å². The summed E-state index contributed by atoms with van der Waals surface area (Å²) in [4.78, 5) is 12.7. The molecule has 8 heteroatoms. The van der Waals surface area contributed by atoms with Crippen LogP contribution in [0, 0.1) is 13.8 Å². The Kier molecular flexibility index (Phi) is 6.91. The molecule has 4 rings (SSSR count). The molecule has 0 fully saturated rings. The molecule has 4 aromatic rings. The van der Waals surface area contributed by atoms with Crippen LogP contribution in [0.4, 0.5) is 18.9 Å². The lowest BCUT2D eigenvalue weighted by Gasteiger charge is -2.11. The van der Waals surface area contributed by atoms with Gasteiger partial charge in [-0.25, -0.2) is 0 Å². The number of hydrogen-bond donors (Lipinski definition) is 1. The van der Waals surface area contributed by atoms with Gasteiger partial charge in [-0.05, 0) is 66.4 Å². The summed E-state index contributed by atoms with van der Waals surface area (Å²) in [5.41, 5.74) is 3.63. The van der Waals surface area contributed by atoms with Crippen LogP contribution in [0.3, 0.4) is 0 Å². The van der Waals surface area contributed by atoms with E-state index in [1.807, 2.05) is 38.1 Å². The van der Waals surface area contributed by atoms with E-state index in [0.29, 0.717) is 23.4 Å². The molecule has 1 heterocycles. The van der Waals surface area contributed by atoms with Gasteiger partial charge in [0, 0.05) is 11.8 Å². The zero-order valence-corrected chi connectivity index (χ0v) is 19.3. The van der Waals surface area contributed by atoms with Crippen molar-refractivity contribution in [3.63, 3.8) is 0 Å². The number of carbonyl (C=O) groups is 1. The lowest BCUT2D eigenvalue weighted by molar-refractivity contribution is -0.137. The Hall–Kier alpha value is -4.07. The molecule has 0 spiro atoms. The molecule has 0 atom stereocenters. The fourth-order valence-electron chi connectivity index (χ4n) is 3.58. The van der Waals surface area contributed by atoms with E-state index < -0.39 is 11.7 Å². The van der Waals surface area contributed by atoms with Gasteiger partial charge in [-0.2, -0.15) is 18.3 Å². The van der Waals surface area contributed by atoms with Crippen molar-refractivity contribution in [2.24, 2.45) is 0 Å². The monoisotopic (exact) mass is 479 g/mol. The molecule has 1 amide bonds. The Morgan fingerprint density at radius 2 is 1.77 bits per heavy atom. The van der Waals surface area contributed by atoms with Crippen LogP contribution in [-0.2, 0) is 19.3 Å². The molecule has 0 saturated heterocycles. The van der Waals surface area contributed by atoms with Gasteiger partial charge in [0.15, 0.2) is 0 Å². The van der Waals surface area contributed by atoms with Crippen molar-refractivity contribution in [3.05, 3.63) is 113 Å². The Morgan fingerprint density at radius 1 is 1.00 bits per heavy atom. The van der Waals surface area contributed by atoms with Crippen molar-refractivity contribution in [3.8, 4) is 5.75 Å². The number of nitrogens with one attached hydrogen (secondary N) is 1. The van der Waals surface area contributed by atoms with Gasteiger partial charge in [0.2, 0.25) is 0 Å². The minimum Gasteiger partial charge on any atom is -0.489 e. The van der Waals surface area contributed by atoms with E-state index in [1.165, 1.54) is 16.9 Å². The molecule has 0 unspecified atom stereocenters. The summed E-state index contributed by atoms with van der Waals surface area (Å²) in [7, 11) is 0. The van der Waals surface area contributed by atoms with E-state index in [-0.39, 0.29) is 12.5 Å². The van der Waals surface area contributed by atoms with Gasteiger partial charge in [-0.1, -0.05) is 36.4 Å². The molecule has 180 valence electrons. The molecule has 0 aliphatic carbocycles. The predicted molar refractivity (Wildman–Crippen MR) is 127 cm³/mol. The second-order valence-electron chi connectivity index (χ2n) is 8.34. The molecular weight excluding hydrogens is 455 g/mol. The summed E-state index contributed by atoms with van der Waals surface area (Å²) in [6, 6.07) is 18.2. The first-order chi connectivity index (χ1) is 16.7. The third-order valence-corrected chi connectivity index (χ3v) is 5.42. The van der Waals surface area contributed by atoms with Gasteiger partial charge >= 0.3 is 6.18 Å². The number of hydrogen-bond acceptors (Lipinski definition) is 3. The van der Waals surface area contributed by atoms with Gasteiger partial charge in [-0.3, -0.25) is 9.48 Å². The SMILES string of the molecule is Cc1ccc(C)c(OCc2cccc(C(=O)Nc3cnn(Cc4cccc(C(F)(F)F)c4)c3)c2)c1. The van der Waals surface area contributed by atoms with Crippen molar-refractivity contribution in [1.29, 1.82) is 0 Å². The topological polar surface area (TPSA) is 56.1 Å². The van der Waals surface area contributed by atoms with E-state index in [9.17, 15) is 18.0 Å². The number of anilines is 1. The van der Waals surface area contributed by atoms with Crippen LogP contribution >= 0.6 is 0 Å². The number of ether oxygens (including phenoxy) is 1. The molecule has 1 aromatic heterocycles. The third-order valence-electron chi connectivity index (χ3n) is 5.42. The van der Waals surface area contributed by atoms with Crippen LogP contribution in [0.15, 0.2) is 79.1 Å². The van der Waals surface area contributed by atoms with E-state index in [0.717, 1.165) is 34.6 Å². The van der Waals surface area contributed by atoms with Crippen LogP contribution in [0.1, 0.15) is 38.2 Å². The molecule has 0 aliphatic heterocycles. The second-order valence-corrected chi connectivity index (χ2v) is 8.34. The largest absolute Gasteiger partial charge is 0.489 e. The second kappa shape index (κ2) is 10.0. The van der Waals surface area contributed by atoms with Crippen LogP contribution in [-0.4, -0.2) is 15.7 Å². The number of halogens is 3. The Morgan fingerprint density at radius 3 is 2.57 bits per heavy atom. The Bertz CT molecular complexity index is 1350. The molecule has 0 aliphatic rings. The summed E-state index contributed by atoms with van der Waals surface area (Å²) >= 11 is 0. The quantitative estimate of drug-likeness (QED) is 0.334. The van der Waals surface area contributed by atoms with Crippen LogP contribution in [0.25, 0.3) is 0 Å². The number of aryl methyl sites for hydroxylation is 2. The van der Waals surface area contributed by atoms with Crippen molar-refractivity contribution < 1.29 is 22.7 Å². The molecule has 1 N–H and O–H groups in total. The zero-order valence-electron chi connectivity index (χ0n) is 19.3. The summed E-state index contributed by atoms with van der Waals surface area (Å²) in [6.07, 6.45) is -1.37. The van der Waals surface area contributed by atoms with Crippen molar-refractivity contribution >= 4 is 11.6 Å². The third kappa shape index (κ3) is 6.29. The number of alkyl halides is 3. The van der Waals surface area contributed by atoms with Crippen molar-refractivity contribution in [2.75, 3.05) is 5.32 Å². The first-order valence-electron chi connectivity index (χ1n) is 11.0. The number of amides is 1. The highest BCUT2D eigenvalue weighted by atomic mass is 19.4. The number of benzene rings is 3. The van der Waals surface area contributed by atoms with Crippen molar-refractivity contribution in [1.82, 2.24) is 9.78 Å². The summed E-state index contributed by atoms with van der Waals surface area (Å²) < 4.78 is 46.2. The average Bonchev–Trinajstić information content (AvgIpc) is 3.26. The lowest BCUT2D eigenvalue weighted by Crippen LogP contribution is -2.12. The maximum atomic E-state index is 12.9. The first kappa shape index (κ1) is 24.1. The van der Waals surface area contributed by atoms with Crippen LogP contribution in [0.5, 0.6) is 5.75 Å². The van der Waals surface area contributed by atoms with E-state index in [4.69, 9.17) is 4.74 Å². The molecule has 3 aromatic carbocycles. The smallest absolute Gasteiger partial charge is 0.416 e. The minimum atomic E-state index is -4.41. The van der Waals surface area contributed by atoms with E-state index in [2.05, 4.69) is 10.4 Å². The normalized spacial score (nSPS) is 11.3. The summed E-state index contributed by atoms with van der Waals surface area (Å²) in [5.74, 6) is 0.477. The highest BCUT2D eigenvalue weighted by Crippen LogP contribution is 2.29. The van der Waals surface area contributed by atoms with Crippen molar-refractivity contribution in [2.45, 2.75) is 33.2 Å². The molecule has 5 nitrogen and oxygen atoms in total. The summed E-state index contributed by atoms with van der Waals surface area (Å²) in [6.45, 7) is 4.44. The molecule has 35 heavy (non-hydrogen) atoms. The van der Waals surface area contributed by atoms with E-state index in [1.54, 1.807) is 30.5 Å². The van der Waals surface area contributed by atoms with Gasteiger partial charge in [0.25, 0.3) is 5.91 Å². The predicted octanol–water partition coefficient (Wildman–Crippen LogP) is 6.40. The number of nitrogens with zero attached hydrogens (tertiary/aromatic N) is 2. The zero-order chi connectivity index (χ0) is 25.0. The first-order valence-corrected chi connectivity index (χ1v) is 11.0. The van der Waals surface area contributed by atoms with Gasteiger partial charge in [0.05, 0.1) is 24.0 Å². The maximum Gasteiger partial charge on any atom is 0.416 e. The molecule has 0 saturated carbocycles. The number of rotatable bonds is 7. The fraction of sp³-hybridized carbons (Fsp3) is 0.185. The van der Waals surface area contributed by atoms with E-state index >= 15 is 0 Å². The van der Waals surface area contributed by atoms with Crippen LogP contribution < -0.4 is 10.1 Å². The van der Waals surface area contributed by atoms with Gasteiger partial charge in [-0.15, -0.1) is 0 Å². The molecule has 0 bridgehead atoms. The molecular formula is C27H24F3N3O2. The number of carbonyl (C=O) groups excluding carboxylic acids is 1. The molecule has 0 radical (unpaired) electrons. The van der Waals surface area contributed by atoms with Crippen LogP contribution in [0.2, 0.25) is 0 Å². The highest BCUT2D eigenvalue weighted by molar-refractivity contribution is 6.04. The Labute approximate surface area is 201 Å².